The van der Waals surface area contributed by atoms with Crippen LogP contribution in [-0.2, 0) is 4.79 Å². The van der Waals surface area contributed by atoms with Crippen molar-refractivity contribution in [3.8, 4) is 0 Å². The van der Waals surface area contributed by atoms with Gasteiger partial charge in [0, 0.05) is 31.6 Å². The summed E-state index contributed by atoms with van der Waals surface area (Å²) in [5.41, 5.74) is 0.371. The number of carbonyl (C=O) groups is 2. The molecule has 2 aliphatic heterocycles. The topological polar surface area (TPSA) is 75.4 Å². The summed E-state index contributed by atoms with van der Waals surface area (Å²) in [4.78, 5) is 25.4. The molecule has 1 N–H and O–H groups in total. The minimum atomic E-state index is -0.0767. The number of hydrogen-bond acceptors (Lipinski definition) is 4. The summed E-state index contributed by atoms with van der Waals surface area (Å²) in [6.45, 7) is 3.12. The summed E-state index contributed by atoms with van der Waals surface area (Å²) >= 11 is 0. The van der Waals surface area contributed by atoms with E-state index in [2.05, 4.69) is 10.5 Å². The Kier molecular flexibility index (Phi) is 3.00. The first kappa shape index (κ1) is 12.2. The number of piperidine rings is 2. The predicted molar refractivity (Wildman–Crippen MR) is 66.4 cm³/mol. The lowest BCUT2D eigenvalue weighted by molar-refractivity contribution is -0.125. The molecule has 1 aromatic rings. The van der Waals surface area contributed by atoms with Crippen molar-refractivity contribution >= 4 is 11.8 Å². The van der Waals surface area contributed by atoms with Gasteiger partial charge in [0.15, 0.2) is 5.69 Å². The Morgan fingerprint density at radius 3 is 3.11 bits per heavy atom. The van der Waals surface area contributed by atoms with Gasteiger partial charge in [-0.3, -0.25) is 9.59 Å². The molecular weight excluding hydrogens is 246 g/mol. The van der Waals surface area contributed by atoms with Gasteiger partial charge >= 0.3 is 0 Å². The fourth-order valence-electron chi connectivity index (χ4n) is 2.92. The van der Waals surface area contributed by atoms with E-state index in [-0.39, 0.29) is 17.9 Å². The number of nitrogens with one attached hydrogen (secondary N) is 1. The Morgan fingerprint density at radius 1 is 1.53 bits per heavy atom. The van der Waals surface area contributed by atoms with Crippen LogP contribution in [0, 0.1) is 12.8 Å². The normalized spacial score (nSPS) is 26.8. The van der Waals surface area contributed by atoms with Crippen molar-refractivity contribution in [1.29, 1.82) is 0 Å². The molecule has 2 aliphatic rings. The number of amides is 2. The van der Waals surface area contributed by atoms with Gasteiger partial charge in [0.2, 0.25) is 5.91 Å². The summed E-state index contributed by atoms with van der Waals surface area (Å²) in [5, 5.41) is 6.78. The third-order valence-electron chi connectivity index (χ3n) is 3.96. The number of hydrogen-bond donors (Lipinski definition) is 1. The fraction of sp³-hybridized carbons (Fsp3) is 0.615. The zero-order valence-corrected chi connectivity index (χ0v) is 10.9. The maximum atomic E-state index is 12.3. The summed E-state index contributed by atoms with van der Waals surface area (Å²) in [7, 11) is 0. The second-order valence-electron chi connectivity index (χ2n) is 5.34. The number of likely N-dealkylation sites (tertiary alicyclic amines) is 1. The van der Waals surface area contributed by atoms with Crippen LogP contribution in [-0.4, -0.2) is 41.0 Å². The lowest BCUT2D eigenvalue weighted by atomic mass is 9.85. The lowest BCUT2D eigenvalue weighted by Crippen LogP contribution is -2.55. The van der Waals surface area contributed by atoms with Gasteiger partial charge in [-0.1, -0.05) is 5.16 Å². The van der Waals surface area contributed by atoms with E-state index in [1.54, 1.807) is 13.0 Å². The molecule has 19 heavy (non-hydrogen) atoms. The Bertz CT molecular complexity index is 511. The zero-order valence-electron chi connectivity index (χ0n) is 10.9. The molecule has 0 bridgehead atoms. The number of rotatable bonds is 1. The highest BCUT2D eigenvalue weighted by atomic mass is 16.5. The van der Waals surface area contributed by atoms with Crippen LogP contribution in [0.15, 0.2) is 10.6 Å². The smallest absolute Gasteiger partial charge is 0.276 e. The number of aryl methyl sites for hydroxylation is 1. The van der Waals surface area contributed by atoms with Gasteiger partial charge in [-0.05, 0) is 25.7 Å². The molecule has 0 spiro atoms. The molecule has 0 aliphatic carbocycles. The monoisotopic (exact) mass is 263 g/mol. The van der Waals surface area contributed by atoms with Crippen LogP contribution in [0.2, 0.25) is 0 Å². The third kappa shape index (κ3) is 2.34. The molecule has 102 valence electrons. The first-order valence-corrected chi connectivity index (χ1v) is 6.65. The molecule has 2 unspecified atom stereocenters. The van der Waals surface area contributed by atoms with Crippen molar-refractivity contribution in [1.82, 2.24) is 15.4 Å². The molecule has 3 heterocycles. The highest BCUT2D eigenvalue weighted by Gasteiger charge is 2.36. The van der Waals surface area contributed by atoms with Crippen LogP contribution in [0.4, 0.5) is 0 Å². The number of nitrogens with zero attached hydrogens (tertiary/aromatic N) is 2. The van der Waals surface area contributed by atoms with Crippen LogP contribution in [0.1, 0.15) is 35.5 Å². The molecule has 6 nitrogen and oxygen atoms in total. The summed E-state index contributed by atoms with van der Waals surface area (Å²) in [5.74, 6) is 1.06. The summed E-state index contributed by atoms with van der Waals surface area (Å²) in [6, 6.07) is 1.89. The molecule has 2 amide bonds. The van der Waals surface area contributed by atoms with Gasteiger partial charge < -0.3 is 14.7 Å². The molecule has 0 saturated carbocycles. The average molecular weight is 263 g/mol. The maximum Gasteiger partial charge on any atom is 0.276 e. The Labute approximate surface area is 111 Å². The molecule has 1 aromatic heterocycles. The molecule has 0 aromatic carbocycles. The van der Waals surface area contributed by atoms with E-state index in [0.29, 0.717) is 36.9 Å². The Morgan fingerprint density at radius 2 is 2.37 bits per heavy atom. The summed E-state index contributed by atoms with van der Waals surface area (Å²) < 4.78 is 4.94. The molecular formula is C13H17N3O3. The van der Waals surface area contributed by atoms with Gasteiger partial charge in [-0.2, -0.15) is 0 Å². The highest BCUT2D eigenvalue weighted by molar-refractivity contribution is 5.92. The molecule has 3 rings (SSSR count). The average Bonchev–Trinajstić information content (AvgIpc) is 2.84. The van der Waals surface area contributed by atoms with Crippen LogP contribution < -0.4 is 5.32 Å². The molecule has 2 fully saturated rings. The van der Waals surface area contributed by atoms with Gasteiger partial charge in [0.1, 0.15) is 5.76 Å². The number of aromatic nitrogens is 1. The van der Waals surface area contributed by atoms with Crippen LogP contribution in [0.25, 0.3) is 0 Å². The molecule has 6 heteroatoms. The maximum absolute atomic E-state index is 12.3. The number of carbonyl (C=O) groups excluding carboxylic acids is 2. The van der Waals surface area contributed by atoms with Crippen molar-refractivity contribution < 1.29 is 14.1 Å². The largest absolute Gasteiger partial charge is 0.361 e. The molecule has 2 atom stereocenters. The van der Waals surface area contributed by atoms with Gasteiger partial charge in [-0.15, -0.1) is 0 Å². The predicted octanol–water partition coefficient (Wildman–Crippen LogP) is 0.724. The van der Waals surface area contributed by atoms with Gasteiger partial charge in [0.05, 0.1) is 0 Å². The van der Waals surface area contributed by atoms with Crippen LogP contribution in [0.5, 0.6) is 0 Å². The fourth-order valence-corrected chi connectivity index (χ4v) is 2.92. The van der Waals surface area contributed by atoms with E-state index >= 15 is 0 Å². The minimum absolute atomic E-state index is 0.0767. The standard InChI is InChI=1S/C13H17N3O3/c1-8-6-11(15-19-8)13(18)16-5-4-10-9(7-16)2-3-12(17)14-10/h6,9-10H,2-5,7H2,1H3,(H,14,17). The molecule has 2 saturated heterocycles. The first-order chi connectivity index (χ1) is 9.13. The van der Waals surface area contributed by atoms with Crippen LogP contribution >= 0.6 is 0 Å². The second kappa shape index (κ2) is 4.68. The first-order valence-electron chi connectivity index (χ1n) is 6.65. The van der Waals surface area contributed by atoms with Crippen LogP contribution in [0.3, 0.4) is 0 Å². The van der Waals surface area contributed by atoms with E-state index in [1.807, 2.05) is 4.90 Å². The quantitative estimate of drug-likeness (QED) is 0.810. The van der Waals surface area contributed by atoms with E-state index in [0.717, 1.165) is 12.8 Å². The Hall–Kier alpha value is -1.85. The highest BCUT2D eigenvalue weighted by Crippen LogP contribution is 2.26. The summed E-state index contributed by atoms with van der Waals surface area (Å²) in [6.07, 6.45) is 2.24. The van der Waals surface area contributed by atoms with E-state index < -0.39 is 0 Å². The second-order valence-corrected chi connectivity index (χ2v) is 5.34. The zero-order chi connectivity index (χ0) is 13.4. The van der Waals surface area contributed by atoms with Crippen molar-refractivity contribution in [3.05, 3.63) is 17.5 Å². The van der Waals surface area contributed by atoms with Crippen molar-refractivity contribution in [2.24, 2.45) is 5.92 Å². The Balaban J connectivity index is 1.68. The SMILES string of the molecule is Cc1cc(C(=O)N2CCC3NC(=O)CCC3C2)no1. The number of fused-ring (bicyclic) bond motifs is 1. The molecule has 0 radical (unpaired) electrons. The third-order valence-corrected chi connectivity index (χ3v) is 3.96. The lowest BCUT2D eigenvalue weighted by Gasteiger charge is -2.41. The van der Waals surface area contributed by atoms with E-state index in [4.69, 9.17) is 4.52 Å². The minimum Gasteiger partial charge on any atom is -0.361 e. The van der Waals surface area contributed by atoms with Crippen molar-refractivity contribution in [3.63, 3.8) is 0 Å². The van der Waals surface area contributed by atoms with E-state index in [1.165, 1.54) is 0 Å². The van der Waals surface area contributed by atoms with Crippen molar-refractivity contribution in [2.75, 3.05) is 13.1 Å². The van der Waals surface area contributed by atoms with Gasteiger partial charge in [0.25, 0.3) is 5.91 Å². The van der Waals surface area contributed by atoms with Gasteiger partial charge in [-0.25, -0.2) is 0 Å². The van der Waals surface area contributed by atoms with E-state index in [9.17, 15) is 9.59 Å². The van der Waals surface area contributed by atoms with Crippen molar-refractivity contribution in [2.45, 2.75) is 32.2 Å².